The smallest absolute Gasteiger partial charge is 0.251 e. The third-order valence-corrected chi connectivity index (χ3v) is 6.96. The number of amides is 2. The maximum Gasteiger partial charge on any atom is 0.251 e. The first-order valence-corrected chi connectivity index (χ1v) is 11.8. The van der Waals surface area contributed by atoms with Crippen molar-refractivity contribution >= 4 is 40.6 Å². The number of anilines is 2. The van der Waals surface area contributed by atoms with Gasteiger partial charge >= 0.3 is 0 Å². The van der Waals surface area contributed by atoms with Crippen molar-refractivity contribution in [3.63, 3.8) is 0 Å². The molecule has 1 heterocycles. The Bertz CT molecular complexity index is 1030. The number of carbonyl (C=O) groups is 2. The Morgan fingerprint density at radius 2 is 1.94 bits per heavy atom. The van der Waals surface area contributed by atoms with Crippen LogP contribution in [0.2, 0.25) is 0 Å². The lowest BCUT2D eigenvalue weighted by molar-refractivity contribution is -0.114. The van der Waals surface area contributed by atoms with Crippen molar-refractivity contribution in [2.24, 2.45) is 5.41 Å². The molecule has 0 fully saturated rings. The van der Waals surface area contributed by atoms with Crippen LogP contribution in [0.25, 0.3) is 4.85 Å². The summed E-state index contributed by atoms with van der Waals surface area (Å²) in [6.45, 7) is 15.8. The van der Waals surface area contributed by atoms with E-state index in [0.29, 0.717) is 28.7 Å². The fourth-order valence-corrected chi connectivity index (χ4v) is 5.03. The third-order valence-electron chi connectivity index (χ3n) is 5.77. The molecule has 0 radical (unpaired) electrons. The van der Waals surface area contributed by atoms with E-state index in [9.17, 15) is 9.59 Å². The van der Waals surface area contributed by atoms with Gasteiger partial charge in [-0.05, 0) is 48.1 Å². The molecule has 0 saturated carbocycles. The molecule has 1 aliphatic heterocycles. The van der Waals surface area contributed by atoms with Gasteiger partial charge < -0.3 is 16.0 Å². The Labute approximate surface area is 194 Å². The number of hydrogen-bond acceptors (Lipinski definition) is 4. The molecule has 2 aromatic rings. The fraction of sp³-hybridized carbons (Fsp3) is 0.400. The maximum absolute atomic E-state index is 12.7. The van der Waals surface area contributed by atoms with E-state index in [0.717, 1.165) is 17.9 Å². The molecule has 0 aromatic heterocycles. The summed E-state index contributed by atoms with van der Waals surface area (Å²) in [5.41, 5.74) is 3.98. The van der Waals surface area contributed by atoms with Crippen LogP contribution in [-0.4, -0.2) is 30.2 Å². The lowest BCUT2D eigenvalue weighted by Crippen LogP contribution is -2.47. The number of thioether (sulfide) groups is 1. The van der Waals surface area contributed by atoms with Gasteiger partial charge in [0.05, 0.1) is 6.57 Å². The summed E-state index contributed by atoms with van der Waals surface area (Å²) in [6, 6.07) is 12.9. The first kappa shape index (κ1) is 23.7. The summed E-state index contributed by atoms with van der Waals surface area (Å²) in [7, 11) is 0. The zero-order valence-corrected chi connectivity index (χ0v) is 19.8. The lowest BCUT2D eigenvalue weighted by Gasteiger charge is -2.42. The standard InChI is InChI=1S/C25H30N4O2S/c1-6-32-22-14-23(29-21-12-11-19(26-5)13-20(21)22)25(3,4)15-27-24(31)17-7-9-18(10-8-17)28-16(2)30/h7-13,22-23,29H,6,14-15H2,1-4H3,(H,27,31)(H,28,30). The second-order valence-corrected chi connectivity index (χ2v) is 10.2. The van der Waals surface area contributed by atoms with E-state index in [1.54, 1.807) is 24.3 Å². The molecule has 3 N–H and O–H groups in total. The highest BCUT2D eigenvalue weighted by molar-refractivity contribution is 7.99. The third kappa shape index (κ3) is 5.63. The molecule has 2 atom stereocenters. The SMILES string of the molecule is [C-]#[N+]c1ccc2c(c1)C(SCC)CC(C(C)(C)CNC(=O)c1ccc(NC(C)=O)cc1)N2. The highest BCUT2D eigenvalue weighted by Gasteiger charge is 2.36. The number of nitrogens with one attached hydrogen (secondary N) is 3. The van der Waals surface area contributed by atoms with Crippen LogP contribution in [0, 0.1) is 12.0 Å². The van der Waals surface area contributed by atoms with E-state index < -0.39 is 0 Å². The number of fused-ring (bicyclic) bond motifs is 1. The summed E-state index contributed by atoms with van der Waals surface area (Å²) in [5, 5.41) is 9.75. The summed E-state index contributed by atoms with van der Waals surface area (Å²) in [6.07, 6.45) is 0.932. The zero-order chi connectivity index (χ0) is 23.3. The molecule has 32 heavy (non-hydrogen) atoms. The van der Waals surface area contributed by atoms with Gasteiger partial charge in [0, 0.05) is 47.1 Å². The van der Waals surface area contributed by atoms with Crippen molar-refractivity contribution in [3.8, 4) is 0 Å². The van der Waals surface area contributed by atoms with E-state index in [-0.39, 0.29) is 23.3 Å². The highest BCUT2D eigenvalue weighted by Crippen LogP contribution is 2.46. The zero-order valence-electron chi connectivity index (χ0n) is 19.0. The molecular formula is C25H30N4O2S. The minimum atomic E-state index is -0.186. The molecule has 1 aliphatic rings. The van der Waals surface area contributed by atoms with E-state index in [1.807, 2.05) is 30.0 Å². The normalized spacial score (nSPS) is 17.5. The Morgan fingerprint density at radius 3 is 2.56 bits per heavy atom. The van der Waals surface area contributed by atoms with E-state index in [1.165, 1.54) is 12.5 Å². The molecule has 2 aromatic carbocycles. The van der Waals surface area contributed by atoms with Crippen molar-refractivity contribution < 1.29 is 9.59 Å². The molecule has 0 aliphatic carbocycles. The van der Waals surface area contributed by atoms with E-state index in [2.05, 4.69) is 41.6 Å². The van der Waals surface area contributed by atoms with Crippen molar-refractivity contribution in [2.45, 2.75) is 45.4 Å². The van der Waals surface area contributed by atoms with Crippen LogP contribution in [-0.2, 0) is 4.79 Å². The minimum absolute atomic E-state index is 0.134. The molecule has 6 nitrogen and oxygen atoms in total. The number of hydrogen-bond donors (Lipinski definition) is 3. The van der Waals surface area contributed by atoms with Gasteiger partial charge in [0.2, 0.25) is 5.91 Å². The molecule has 0 spiro atoms. The first-order chi connectivity index (χ1) is 15.2. The van der Waals surface area contributed by atoms with Gasteiger partial charge in [-0.1, -0.05) is 32.9 Å². The van der Waals surface area contributed by atoms with Gasteiger partial charge in [-0.25, -0.2) is 4.85 Å². The number of rotatable bonds is 7. The lowest BCUT2D eigenvalue weighted by atomic mass is 9.78. The van der Waals surface area contributed by atoms with Gasteiger partial charge in [0.1, 0.15) is 0 Å². The van der Waals surface area contributed by atoms with E-state index in [4.69, 9.17) is 6.57 Å². The van der Waals surface area contributed by atoms with Crippen LogP contribution < -0.4 is 16.0 Å². The number of carbonyl (C=O) groups excluding carboxylic acids is 2. The van der Waals surface area contributed by atoms with Crippen molar-refractivity contribution in [1.82, 2.24) is 5.32 Å². The predicted molar refractivity (Wildman–Crippen MR) is 132 cm³/mol. The average Bonchev–Trinajstić information content (AvgIpc) is 2.77. The van der Waals surface area contributed by atoms with Crippen molar-refractivity contribution in [3.05, 3.63) is 65.0 Å². The number of benzene rings is 2. The van der Waals surface area contributed by atoms with Crippen LogP contribution in [0.3, 0.4) is 0 Å². The van der Waals surface area contributed by atoms with Crippen LogP contribution in [0.15, 0.2) is 42.5 Å². The molecule has 7 heteroatoms. The molecule has 168 valence electrons. The van der Waals surface area contributed by atoms with E-state index >= 15 is 0 Å². The van der Waals surface area contributed by atoms with Crippen LogP contribution in [0.4, 0.5) is 17.1 Å². The van der Waals surface area contributed by atoms with Crippen molar-refractivity contribution in [1.29, 1.82) is 0 Å². The Morgan fingerprint density at radius 1 is 1.22 bits per heavy atom. The molecule has 0 saturated heterocycles. The van der Waals surface area contributed by atoms with Gasteiger partial charge in [-0.2, -0.15) is 11.8 Å². The summed E-state index contributed by atoms with van der Waals surface area (Å²) >= 11 is 1.90. The second-order valence-electron chi connectivity index (χ2n) is 8.69. The Hall–Kier alpha value is -2.98. The van der Waals surface area contributed by atoms with Gasteiger partial charge in [-0.3, -0.25) is 9.59 Å². The fourth-order valence-electron chi connectivity index (χ4n) is 3.92. The number of nitrogens with zero attached hydrogens (tertiary/aromatic N) is 1. The summed E-state index contributed by atoms with van der Waals surface area (Å²) in [5.74, 6) is 0.727. The summed E-state index contributed by atoms with van der Waals surface area (Å²) in [4.78, 5) is 27.4. The van der Waals surface area contributed by atoms with Crippen LogP contribution in [0.5, 0.6) is 0 Å². The molecular weight excluding hydrogens is 420 g/mol. The molecule has 3 rings (SSSR count). The average molecular weight is 451 g/mol. The predicted octanol–water partition coefficient (Wildman–Crippen LogP) is 5.63. The molecule has 2 unspecified atom stereocenters. The van der Waals surface area contributed by atoms with Crippen LogP contribution in [0.1, 0.15) is 55.3 Å². The van der Waals surface area contributed by atoms with Gasteiger partial charge in [-0.15, -0.1) is 0 Å². The second kappa shape index (κ2) is 10.1. The summed E-state index contributed by atoms with van der Waals surface area (Å²) < 4.78 is 0. The maximum atomic E-state index is 12.7. The highest BCUT2D eigenvalue weighted by atomic mass is 32.2. The van der Waals surface area contributed by atoms with Crippen molar-refractivity contribution in [2.75, 3.05) is 22.9 Å². The topological polar surface area (TPSA) is 74.6 Å². The van der Waals surface area contributed by atoms with Gasteiger partial charge in [0.15, 0.2) is 5.69 Å². The first-order valence-electron chi connectivity index (χ1n) is 10.8. The molecule has 0 bridgehead atoms. The molecule has 2 amide bonds. The van der Waals surface area contributed by atoms with Crippen LogP contribution >= 0.6 is 11.8 Å². The monoisotopic (exact) mass is 450 g/mol. The van der Waals surface area contributed by atoms with Gasteiger partial charge in [0.25, 0.3) is 5.91 Å². The Kier molecular flexibility index (Phi) is 7.47. The quantitative estimate of drug-likeness (QED) is 0.478. The Balaban J connectivity index is 1.68. The largest absolute Gasteiger partial charge is 0.381 e. The minimum Gasteiger partial charge on any atom is -0.381 e.